The molecule has 0 radical (unpaired) electrons. The van der Waals surface area contributed by atoms with Gasteiger partial charge in [0.2, 0.25) is 5.91 Å². The first-order valence-corrected chi connectivity index (χ1v) is 7.46. The second-order valence-electron chi connectivity index (χ2n) is 5.28. The van der Waals surface area contributed by atoms with E-state index in [1.165, 1.54) is 11.1 Å². The van der Waals surface area contributed by atoms with Crippen LogP contribution in [0.2, 0.25) is 0 Å². The van der Waals surface area contributed by atoms with Crippen LogP contribution in [-0.2, 0) is 4.79 Å². The summed E-state index contributed by atoms with van der Waals surface area (Å²) in [5.41, 5.74) is 2.51. The van der Waals surface area contributed by atoms with Gasteiger partial charge in [-0.15, -0.1) is 0 Å². The summed E-state index contributed by atoms with van der Waals surface area (Å²) in [5, 5.41) is 0. The first kappa shape index (κ1) is 16.5. The second-order valence-corrected chi connectivity index (χ2v) is 5.28. The van der Waals surface area contributed by atoms with Crippen LogP contribution < -0.4 is 4.74 Å². The molecule has 0 aliphatic carbocycles. The van der Waals surface area contributed by atoms with Gasteiger partial charge in [0.15, 0.2) is 0 Å². The molecule has 1 saturated heterocycles. The number of nitrogens with zero attached hydrogens (tertiary/aromatic N) is 1. The molecule has 20 heavy (non-hydrogen) atoms. The molecule has 1 fully saturated rings. The average Bonchev–Trinajstić information content (AvgIpc) is 2.38. The molecule has 112 valence electrons. The van der Waals surface area contributed by atoms with Crippen LogP contribution in [0.25, 0.3) is 0 Å². The third kappa shape index (κ3) is 3.53. The minimum absolute atomic E-state index is 0.164. The summed E-state index contributed by atoms with van der Waals surface area (Å²) in [6, 6.07) is 6.44. The first-order valence-electron chi connectivity index (χ1n) is 7.46. The molecule has 3 nitrogen and oxygen atoms in total. The van der Waals surface area contributed by atoms with Crippen LogP contribution in [-0.4, -0.2) is 31.0 Å². The third-order valence-corrected chi connectivity index (χ3v) is 3.68. The number of methoxy groups -OCH3 is 1. The highest BCUT2D eigenvalue weighted by Crippen LogP contribution is 2.33. The summed E-state index contributed by atoms with van der Waals surface area (Å²) in [6.45, 7) is 11.6. The van der Waals surface area contributed by atoms with Crippen LogP contribution in [0.5, 0.6) is 5.75 Å². The van der Waals surface area contributed by atoms with Crippen LogP contribution >= 0.6 is 0 Å². The molecule has 2 rings (SSSR count). The van der Waals surface area contributed by atoms with E-state index in [9.17, 15) is 4.79 Å². The molecule has 1 aromatic carbocycles. The molecular formula is C17H27NO2. The molecule has 1 aliphatic heterocycles. The van der Waals surface area contributed by atoms with Gasteiger partial charge >= 0.3 is 0 Å². The van der Waals surface area contributed by atoms with E-state index in [0.29, 0.717) is 11.8 Å². The maximum absolute atomic E-state index is 11.2. The Morgan fingerprint density at radius 1 is 1.30 bits per heavy atom. The lowest BCUT2D eigenvalue weighted by molar-refractivity contribution is -0.133. The number of rotatable bonds is 3. The average molecular weight is 277 g/mol. The Morgan fingerprint density at radius 2 is 1.90 bits per heavy atom. The van der Waals surface area contributed by atoms with E-state index in [1.807, 2.05) is 18.7 Å². The van der Waals surface area contributed by atoms with E-state index in [-0.39, 0.29) is 5.91 Å². The molecular weight excluding hydrogens is 250 g/mol. The SMILES string of the molecule is CC.COc1cc(C2CN(C(C)=O)C2)ccc1C(C)C. The smallest absolute Gasteiger partial charge is 0.219 e. The lowest BCUT2D eigenvalue weighted by Gasteiger charge is -2.39. The minimum atomic E-state index is 0.164. The number of carbonyl (C=O) groups is 1. The van der Waals surface area contributed by atoms with Crippen molar-refractivity contribution in [2.75, 3.05) is 20.2 Å². The van der Waals surface area contributed by atoms with Crippen molar-refractivity contribution in [2.24, 2.45) is 0 Å². The second kappa shape index (κ2) is 7.32. The zero-order valence-electron chi connectivity index (χ0n) is 13.6. The fourth-order valence-corrected chi connectivity index (χ4v) is 2.41. The van der Waals surface area contributed by atoms with Gasteiger partial charge in [0, 0.05) is 25.9 Å². The molecule has 0 bridgehead atoms. The Labute approximate surface area is 122 Å². The summed E-state index contributed by atoms with van der Waals surface area (Å²) in [5.74, 6) is 2.05. The van der Waals surface area contributed by atoms with E-state index in [0.717, 1.165) is 18.8 Å². The number of carbonyl (C=O) groups excluding carboxylic acids is 1. The molecule has 1 aromatic rings. The van der Waals surface area contributed by atoms with Gasteiger partial charge in [-0.2, -0.15) is 0 Å². The van der Waals surface area contributed by atoms with Gasteiger partial charge in [-0.3, -0.25) is 4.79 Å². The highest BCUT2D eigenvalue weighted by atomic mass is 16.5. The molecule has 0 saturated carbocycles. The molecule has 0 spiro atoms. The van der Waals surface area contributed by atoms with E-state index >= 15 is 0 Å². The van der Waals surface area contributed by atoms with E-state index in [1.54, 1.807) is 14.0 Å². The number of ether oxygens (including phenoxy) is 1. The highest BCUT2D eigenvalue weighted by molar-refractivity contribution is 5.74. The van der Waals surface area contributed by atoms with Gasteiger partial charge in [-0.1, -0.05) is 39.8 Å². The van der Waals surface area contributed by atoms with Gasteiger partial charge in [-0.05, 0) is 23.1 Å². The van der Waals surface area contributed by atoms with Gasteiger partial charge in [-0.25, -0.2) is 0 Å². The molecule has 1 aliphatic rings. The molecule has 0 atom stereocenters. The molecule has 0 aromatic heterocycles. The van der Waals surface area contributed by atoms with Crippen molar-refractivity contribution >= 4 is 5.91 Å². The quantitative estimate of drug-likeness (QED) is 0.841. The summed E-state index contributed by atoms with van der Waals surface area (Å²) in [7, 11) is 1.72. The minimum Gasteiger partial charge on any atom is -0.496 e. The molecule has 1 heterocycles. The normalized spacial score (nSPS) is 14.4. The first-order chi connectivity index (χ1) is 9.52. The fourth-order valence-electron chi connectivity index (χ4n) is 2.41. The maximum atomic E-state index is 11.2. The summed E-state index contributed by atoms with van der Waals surface area (Å²) < 4.78 is 5.46. The lowest BCUT2D eigenvalue weighted by Crippen LogP contribution is -2.47. The number of hydrogen-bond donors (Lipinski definition) is 0. The summed E-state index contributed by atoms with van der Waals surface area (Å²) in [4.78, 5) is 13.0. The Hall–Kier alpha value is -1.51. The fraction of sp³-hybridized carbons (Fsp3) is 0.588. The zero-order chi connectivity index (χ0) is 15.3. The van der Waals surface area contributed by atoms with E-state index in [2.05, 4.69) is 32.0 Å². The highest BCUT2D eigenvalue weighted by Gasteiger charge is 2.30. The van der Waals surface area contributed by atoms with Crippen molar-refractivity contribution in [1.82, 2.24) is 4.90 Å². The van der Waals surface area contributed by atoms with Gasteiger partial charge in [0.05, 0.1) is 7.11 Å². The number of amides is 1. The molecule has 0 unspecified atom stereocenters. The van der Waals surface area contributed by atoms with E-state index < -0.39 is 0 Å². The Balaban J connectivity index is 0.000000956. The lowest BCUT2D eigenvalue weighted by atomic mass is 9.89. The van der Waals surface area contributed by atoms with Gasteiger partial charge in [0.25, 0.3) is 0 Å². The third-order valence-electron chi connectivity index (χ3n) is 3.68. The van der Waals surface area contributed by atoms with E-state index in [4.69, 9.17) is 4.74 Å². The Kier molecular flexibility index (Phi) is 6.05. The predicted molar refractivity (Wildman–Crippen MR) is 83.4 cm³/mol. The molecule has 0 N–H and O–H groups in total. The Morgan fingerprint density at radius 3 is 2.35 bits per heavy atom. The number of hydrogen-bond acceptors (Lipinski definition) is 2. The predicted octanol–water partition coefficient (Wildman–Crippen LogP) is 3.79. The monoisotopic (exact) mass is 277 g/mol. The number of likely N-dealkylation sites (tertiary alicyclic amines) is 1. The summed E-state index contributed by atoms with van der Waals surface area (Å²) in [6.07, 6.45) is 0. The standard InChI is InChI=1S/C15H21NO2.C2H6/c1-10(2)14-6-5-12(7-15(14)18-4)13-8-16(9-13)11(3)17;1-2/h5-7,10,13H,8-9H2,1-4H3;1-2H3. The van der Waals surface area contributed by atoms with Crippen molar-refractivity contribution < 1.29 is 9.53 Å². The van der Waals surface area contributed by atoms with Crippen LogP contribution in [0, 0.1) is 0 Å². The van der Waals surface area contributed by atoms with Crippen molar-refractivity contribution in [3.05, 3.63) is 29.3 Å². The molecule has 3 heteroatoms. The van der Waals surface area contributed by atoms with Crippen LogP contribution in [0.1, 0.15) is 57.6 Å². The van der Waals surface area contributed by atoms with Crippen LogP contribution in [0.15, 0.2) is 18.2 Å². The van der Waals surface area contributed by atoms with Gasteiger partial charge < -0.3 is 9.64 Å². The molecule has 1 amide bonds. The van der Waals surface area contributed by atoms with Crippen LogP contribution in [0.3, 0.4) is 0 Å². The zero-order valence-corrected chi connectivity index (χ0v) is 13.6. The topological polar surface area (TPSA) is 29.5 Å². The van der Waals surface area contributed by atoms with Gasteiger partial charge in [0.1, 0.15) is 5.75 Å². The van der Waals surface area contributed by atoms with Crippen LogP contribution in [0.4, 0.5) is 0 Å². The Bertz CT molecular complexity index is 448. The van der Waals surface area contributed by atoms with Crippen molar-refractivity contribution in [2.45, 2.75) is 46.5 Å². The maximum Gasteiger partial charge on any atom is 0.219 e. The number of benzene rings is 1. The van der Waals surface area contributed by atoms with Crippen molar-refractivity contribution in [3.63, 3.8) is 0 Å². The van der Waals surface area contributed by atoms with Crippen molar-refractivity contribution in [3.8, 4) is 5.75 Å². The van der Waals surface area contributed by atoms with Crippen molar-refractivity contribution in [1.29, 1.82) is 0 Å². The largest absolute Gasteiger partial charge is 0.496 e. The summed E-state index contributed by atoms with van der Waals surface area (Å²) >= 11 is 0.